The summed E-state index contributed by atoms with van der Waals surface area (Å²) in [5.41, 5.74) is -0.406. The number of alkyl halides is 3. The topological polar surface area (TPSA) is 45.8 Å². The first kappa shape index (κ1) is 18.0. The molecule has 0 aliphatic rings. The molecular formula is C17H20F3NO3. The van der Waals surface area contributed by atoms with Gasteiger partial charge in [-0.2, -0.15) is 13.2 Å². The molecule has 2 aromatic rings. The molecule has 0 aliphatic heterocycles. The van der Waals surface area contributed by atoms with E-state index in [9.17, 15) is 18.3 Å². The van der Waals surface area contributed by atoms with Crippen molar-refractivity contribution in [2.75, 3.05) is 25.6 Å². The molecular weight excluding hydrogens is 323 g/mol. The summed E-state index contributed by atoms with van der Waals surface area (Å²) >= 11 is 0. The molecule has 0 atom stereocenters. The highest BCUT2D eigenvalue weighted by Crippen LogP contribution is 2.48. The second-order valence-electron chi connectivity index (χ2n) is 5.59. The molecule has 0 aliphatic carbocycles. The van der Waals surface area contributed by atoms with Crippen molar-refractivity contribution < 1.29 is 27.4 Å². The second kappa shape index (κ2) is 7.07. The highest BCUT2D eigenvalue weighted by atomic mass is 19.4. The van der Waals surface area contributed by atoms with E-state index in [4.69, 9.17) is 9.15 Å². The summed E-state index contributed by atoms with van der Waals surface area (Å²) in [5, 5.41) is 10.4. The monoisotopic (exact) mass is 343 g/mol. The Balaban J connectivity index is 2.49. The van der Waals surface area contributed by atoms with Crippen LogP contribution in [0.5, 0.6) is 11.7 Å². The number of aromatic hydroxyl groups is 1. The Labute approximate surface area is 138 Å². The quantitative estimate of drug-likeness (QED) is 0.757. The number of anilines is 1. The fourth-order valence-electron chi connectivity index (χ4n) is 2.22. The predicted octanol–water partition coefficient (Wildman–Crippen LogP) is 4.92. The first-order chi connectivity index (χ1) is 11.3. The number of hydrogen-bond acceptors (Lipinski definition) is 4. The molecule has 0 saturated heterocycles. The number of nitrogens with zero attached hydrogens (tertiary/aromatic N) is 1. The van der Waals surface area contributed by atoms with E-state index in [1.54, 1.807) is 19.0 Å². The second-order valence-corrected chi connectivity index (χ2v) is 5.59. The highest BCUT2D eigenvalue weighted by molar-refractivity contribution is 5.83. The van der Waals surface area contributed by atoms with E-state index in [0.717, 1.165) is 25.0 Å². The largest absolute Gasteiger partial charge is 0.501 e. The molecule has 0 saturated carbocycles. The fourth-order valence-corrected chi connectivity index (χ4v) is 2.22. The number of unbranched alkanes of at least 4 members (excludes halogenated alkanes) is 1. The van der Waals surface area contributed by atoms with E-state index in [1.807, 2.05) is 6.92 Å². The normalized spacial score (nSPS) is 11.6. The summed E-state index contributed by atoms with van der Waals surface area (Å²) in [6.07, 6.45) is -2.78. The summed E-state index contributed by atoms with van der Waals surface area (Å²) in [6.45, 7) is 2.34. The Morgan fingerprint density at radius 2 is 1.96 bits per heavy atom. The van der Waals surface area contributed by atoms with Crippen molar-refractivity contribution in [3.8, 4) is 22.8 Å². The van der Waals surface area contributed by atoms with Crippen molar-refractivity contribution in [2.45, 2.75) is 25.9 Å². The van der Waals surface area contributed by atoms with Gasteiger partial charge in [-0.25, -0.2) is 0 Å². The van der Waals surface area contributed by atoms with Crippen LogP contribution in [-0.4, -0.2) is 25.8 Å². The van der Waals surface area contributed by atoms with Crippen LogP contribution in [-0.2, 0) is 6.18 Å². The summed E-state index contributed by atoms with van der Waals surface area (Å²) in [5.74, 6) is -0.146. The van der Waals surface area contributed by atoms with Crippen molar-refractivity contribution in [3.05, 3.63) is 29.8 Å². The molecule has 2 rings (SSSR count). The van der Waals surface area contributed by atoms with E-state index < -0.39 is 11.7 Å². The van der Waals surface area contributed by atoms with E-state index in [1.165, 1.54) is 12.1 Å². The van der Waals surface area contributed by atoms with Crippen LogP contribution in [0.4, 0.5) is 19.1 Å². The van der Waals surface area contributed by atoms with Gasteiger partial charge in [0.1, 0.15) is 0 Å². The Morgan fingerprint density at radius 3 is 2.54 bits per heavy atom. The first-order valence-corrected chi connectivity index (χ1v) is 7.59. The molecule has 0 spiro atoms. The van der Waals surface area contributed by atoms with Gasteiger partial charge in [0.15, 0.2) is 0 Å². The molecule has 1 aromatic heterocycles. The molecule has 1 aromatic carbocycles. The molecule has 0 bridgehead atoms. The molecule has 1 heterocycles. The van der Waals surface area contributed by atoms with Crippen molar-refractivity contribution in [3.63, 3.8) is 0 Å². The van der Waals surface area contributed by atoms with Crippen LogP contribution in [0.1, 0.15) is 25.3 Å². The number of ether oxygens (including phenoxy) is 1. The zero-order valence-electron chi connectivity index (χ0n) is 13.8. The SMILES string of the molecule is CCCCOc1oc(N(C)C)c(-c2cccc(C(F)(F)F)c2)c1O. The van der Waals surface area contributed by atoms with E-state index in [-0.39, 0.29) is 28.7 Å². The van der Waals surface area contributed by atoms with Crippen molar-refractivity contribution in [2.24, 2.45) is 0 Å². The molecule has 0 amide bonds. The van der Waals surface area contributed by atoms with E-state index in [2.05, 4.69) is 0 Å². The van der Waals surface area contributed by atoms with Gasteiger partial charge in [-0.3, -0.25) is 0 Å². The lowest BCUT2D eigenvalue weighted by molar-refractivity contribution is -0.137. The Kier molecular flexibility index (Phi) is 5.31. The number of rotatable bonds is 6. The van der Waals surface area contributed by atoms with Crippen molar-refractivity contribution >= 4 is 5.88 Å². The molecule has 4 nitrogen and oxygen atoms in total. The lowest BCUT2D eigenvalue weighted by Gasteiger charge is -2.12. The molecule has 1 N–H and O–H groups in total. The Bertz CT molecular complexity index is 693. The summed E-state index contributed by atoms with van der Waals surface area (Å²) < 4.78 is 49.7. The zero-order valence-corrected chi connectivity index (χ0v) is 13.8. The van der Waals surface area contributed by atoms with Crippen LogP contribution < -0.4 is 9.64 Å². The zero-order chi connectivity index (χ0) is 17.9. The maximum Gasteiger partial charge on any atom is 0.416 e. The summed E-state index contributed by atoms with van der Waals surface area (Å²) in [4.78, 5) is 1.57. The van der Waals surface area contributed by atoms with Gasteiger partial charge in [0.2, 0.25) is 11.6 Å². The highest BCUT2D eigenvalue weighted by Gasteiger charge is 2.32. The van der Waals surface area contributed by atoms with Crippen molar-refractivity contribution in [1.82, 2.24) is 0 Å². The molecule has 0 fully saturated rings. The molecule has 132 valence electrons. The lowest BCUT2D eigenvalue weighted by Crippen LogP contribution is -2.09. The molecule has 0 radical (unpaired) electrons. The lowest BCUT2D eigenvalue weighted by atomic mass is 10.0. The van der Waals surface area contributed by atoms with Gasteiger partial charge in [0.25, 0.3) is 0 Å². The first-order valence-electron chi connectivity index (χ1n) is 7.59. The van der Waals surface area contributed by atoms with Gasteiger partial charge in [0, 0.05) is 14.1 Å². The Hall–Kier alpha value is -2.31. The maximum absolute atomic E-state index is 12.9. The average Bonchev–Trinajstić information content (AvgIpc) is 2.84. The van der Waals surface area contributed by atoms with Gasteiger partial charge < -0.3 is 19.2 Å². The maximum atomic E-state index is 12.9. The van der Waals surface area contributed by atoms with Gasteiger partial charge >= 0.3 is 12.1 Å². The summed E-state index contributed by atoms with van der Waals surface area (Å²) in [7, 11) is 3.34. The minimum atomic E-state index is -4.46. The number of furan rings is 1. The third-order valence-electron chi connectivity index (χ3n) is 3.45. The Morgan fingerprint density at radius 1 is 1.25 bits per heavy atom. The van der Waals surface area contributed by atoms with Crippen LogP contribution in [0.25, 0.3) is 11.1 Å². The molecule has 24 heavy (non-hydrogen) atoms. The smallest absolute Gasteiger partial charge is 0.416 e. The minimum Gasteiger partial charge on any atom is -0.501 e. The molecule has 7 heteroatoms. The van der Waals surface area contributed by atoms with Crippen LogP contribution in [0.2, 0.25) is 0 Å². The van der Waals surface area contributed by atoms with Crippen LogP contribution in [0.15, 0.2) is 28.7 Å². The predicted molar refractivity (Wildman–Crippen MR) is 85.5 cm³/mol. The van der Waals surface area contributed by atoms with Crippen LogP contribution in [0.3, 0.4) is 0 Å². The van der Waals surface area contributed by atoms with Crippen LogP contribution in [0, 0.1) is 0 Å². The number of hydrogen-bond donors (Lipinski definition) is 1. The van der Waals surface area contributed by atoms with Gasteiger partial charge in [0.05, 0.1) is 17.7 Å². The van der Waals surface area contributed by atoms with E-state index in [0.29, 0.717) is 6.61 Å². The third kappa shape index (κ3) is 3.77. The average molecular weight is 343 g/mol. The van der Waals surface area contributed by atoms with Crippen molar-refractivity contribution in [1.29, 1.82) is 0 Å². The van der Waals surface area contributed by atoms with Crippen LogP contribution >= 0.6 is 0 Å². The van der Waals surface area contributed by atoms with Gasteiger partial charge in [-0.05, 0) is 24.1 Å². The summed E-state index contributed by atoms with van der Waals surface area (Å²) in [6, 6.07) is 4.74. The number of halogens is 3. The fraction of sp³-hybridized carbons (Fsp3) is 0.412. The van der Waals surface area contributed by atoms with Gasteiger partial charge in [-0.15, -0.1) is 0 Å². The third-order valence-corrected chi connectivity index (χ3v) is 3.45. The van der Waals surface area contributed by atoms with Gasteiger partial charge in [-0.1, -0.05) is 25.5 Å². The number of benzene rings is 1. The standard InChI is InChI=1S/C17H20F3NO3/c1-4-5-9-23-16-14(22)13(15(24-16)21(2)3)11-7-6-8-12(10-11)17(18,19)20/h6-8,10,22H,4-5,9H2,1-3H3. The minimum absolute atomic E-state index is 0.0837. The van der Waals surface area contributed by atoms with E-state index >= 15 is 0 Å². The molecule has 0 unspecified atom stereocenters.